The van der Waals surface area contributed by atoms with E-state index >= 15 is 0 Å². The third-order valence-electron chi connectivity index (χ3n) is 4.93. The number of ether oxygens (including phenoxy) is 1. The molecule has 0 unspecified atom stereocenters. The van der Waals surface area contributed by atoms with Crippen LogP contribution in [0.1, 0.15) is 83.4 Å². The number of alkyl halides is 3. The number of nitrogens with zero attached hydrogens (tertiary/aromatic N) is 1. The van der Waals surface area contributed by atoms with E-state index in [0.29, 0.717) is 12.0 Å². The average Bonchev–Trinajstić information content (AvgIpc) is 2.51. The third-order valence-corrected chi connectivity index (χ3v) is 4.93. The summed E-state index contributed by atoms with van der Waals surface area (Å²) in [5.74, 6) is -1.19. The first kappa shape index (κ1) is 20.7. The number of halogens is 3. The van der Waals surface area contributed by atoms with Gasteiger partial charge in [0.2, 0.25) is 0 Å². The van der Waals surface area contributed by atoms with Gasteiger partial charge in [0.15, 0.2) is 0 Å². The number of carbonyl (C=O) groups is 1. The van der Waals surface area contributed by atoms with Gasteiger partial charge >= 0.3 is 12.1 Å². The second-order valence-electron chi connectivity index (χ2n) is 8.63. The normalized spacial score (nSPS) is 19.0. The standard InChI is InChI=1S/C20H28F3NO2/c1-18(2,3)26-17(25)15(13-19(4)9-6-5-7-10-19)14-8-11-24-16(12-14)20(21,22)23/h8,11-12,15H,5-7,9-10,13H2,1-4H3/t15-/m1/s1. The highest BCUT2D eigenvalue weighted by Crippen LogP contribution is 2.44. The summed E-state index contributed by atoms with van der Waals surface area (Å²) in [7, 11) is 0. The Hall–Kier alpha value is -1.59. The predicted molar refractivity (Wildman–Crippen MR) is 93.6 cm³/mol. The molecule has 6 heteroatoms. The Morgan fingerprint density at radius 2 is 1.85 bits per heavy atom. The van der Waals surface area contributed by atoms with Gasteiger partial charge < -0.3 is 4.74 Å². The van der Waals surface area contributed by atoms with Gasteiger partial charge in [0.1, 0.15) is 11.3 Å². The first-order chi connectivity index (χ1) is 11.9. The molecule has 0 bridgehead atoms. The van der Waals surface area contributed by atoms with Gasteiger partial charge in [0, 0.05) is 6.20 Å². The summed E-state index contributed by atoms with van der Waals surface area (Å²) in [6.45, 7) is 7.41. The Morgan fingerprint density at radius 1 is 1.23 bits per heavy atom. The molecule has 1 atom stereocenters. The fraction of sp³-hybridized carbons (Fsp3) is 0.700. The van der Waals surface area contributed by atoms with Gasteiger partial charge in [0.25, 0.3) is 0 Å². The first-order valence-corrected chi connectivity index (χ1v) is 9.16. The zero-order chi connectivity index (χ0) is 19.6. The lowest BCUT2D eigenvalue weighted by Crippen LogP contribution is -2.32. The van der Waals surface area contributed by atoms with Crippen molar-refractivity contribution in [1.82, 2.24) is 4.98 Å². The summed E-state index contributed by atoms with van der Waals surface area (Å²) in [4.78, 5) is 16.2. The topological polar surface area (TPSA) is 39.2 Å². The number of rotatable bonds is 4. The van der Waals surface area contributed by atoms with Crippen molar-refractivity contribution in [2.75, 3.05) is 0 Å². The molecule has 1 aliphatic carbocycles. The van der Waals surface area contributed by atoms with Crippen LogP contribution in [0.5, 0.6) is 0 Å². The van der Waals surface area contributed by atoms with Crippen LogP contribution in [-0.4, -0.2) is 16.6 Å². The molecule has 1 saturated carbocycles. The fourth-order valence-corrected chi connectivity index (χ4v) is 3.63. The van der Waals surface area contributed by atoms with Crippen LogP contribution in [-0.2, 0) is 15.7 Å². The number of hydrogen-bond acceptors (Lipinski definition) is 3. The molecule has 0 saturated heterocycles. The van der Waals surface area contributed by atoms with Crippen molar-refractivity contribution in [1.29, 1.82) is 0 Å². The summed E-state index contributed by atoms with van der Waals surface area (Å²) < 4.78 is 44.7. The van der Waals surface area contributed by atoms with Crippen molar-refractivity contribution in [2.24, 2.45) is 5.41 Å². The summed E-state index contributed by atoms with van der Waals surface area (Å²) >= 11 is 0. The quantitative estimate of drug-likeness (QED) is 0.620. The highest BCUT2D eigenvalue weighted by atomic mass is 19.4. The van der Waals surface area contributed by atoms with E-state index in [0.717, 1.165) is 37.9 Å². The van der Waals surface area contributed by atoms with E-state index < -0.39 is 29.4 Å². The monoisotopic (exact) mass is 371 g/mol. The molecule has 0 aromatic carbocycles. The molecule has 1 aromatic rings. The number of pyridine rings is 1. The lowest BCUT2D eigenvalue weighted by atomic mass is 9.69. The zero-order valence-electron chi connectivity index (χ0n) is 15.9. The van der Waals surface area contributed by atoms with E-state index in [1.165, 1.54) is 12.5 Å². The van der Waals surface area contributed by atoms with Crippen LogP contribution >= 0.6 is 0 Å². The van der Waals surface area contributed by atoms with Crippen molar-refractivity contribution >= 4 is 5.97 Å². The Balaban J connectivity index is 2.35. The minimum atomic E-state index is -4.54. The van der Waals surface area contributed by atoms with Crippen molar-refractivity contribution in [3.63, 3.8) is 0 Å². The number of carbonyl (C=O) groups excluding carboxylic acids is 1. The van der Waals surface area contributed by atoms with E-state index in [1.807, 2.05) is 0 Å². The van der Waals surface area contributed by atoms with E-state index in [-0.39, 0.29) is 5.41 Å². The predicted octanol–water partition coefficient (Wildman–Crippen LogP) is 5.89. The van der Waals surface area contributed by atoms with Crippen LogP contribution in [0.25, 0.3) is 0 Å². The summed E-state index contributed by atoms with van der Waals surface area (Å²) in [6.07, 6.45) is 2.36. The van der Waals surface area contributed by atoms with Gasteiger partial charge in [0.05, 0.1) is 5.92 Å². The van der Waals surface area contributed by atoms with Crippen LogP contribution in [0, 0.1) is 5.41 Å². The molecule has 0 spiro atoms. The number of aromatic nitrogens is 1. The van der Waals surface area contributed by atoms with Crippen LogP contribution in [0.15, 0.2) is 18.3 Å². The molecule has 26 heavy (non-hydrogen) atoms. The van der Waals surface area contributed by atoms with Crippen LogP contribution in [0.3, 0.4) is 0 Å². The SMILES string of the molecule is CC1(C[C@@H](C(=O)OC(C)(C)C)c2ccnc(C(F)(F)F)c2)CCCCC1. The van der Waals surface area contributed by atoms with Crippen molar-refractivity contribution < 1.29 is 22.7 Å². The molecule has 0 N–H and O–H groups in total. The Morgan fingerprint density at radius 3 is 2.38 bits per heavy atom. The van der Waals surface area contributed by atoms with Crippen molar-refractivity contribution in [3.8, 4) is 0 Å². The van der Waals surface area contributed by atoms with Gasteiger partial charge in [-0.05, 0) is 63.1 Å². The maximum atomic E-state index is 13.1. The van der Waals surface area contributed by atoms with E-state index in [4.69, 9.17) is 4.74 Å². The van der Waals surface area contributed by atoms with Crippen LogP contribution in [0.4, 0.5) is 13.2 Å². The Bertz CT molecular complexity index is 629. The minimum Gasteiger partial charge on any atom is -0.459 e. The van der Waals surface area contributed by atoms with E-state index in [2.05, 4.69) is 11.9 Å². The maximum Gasteiger partial charge on any atom is 0.433 e. The zero-order valence-corrected chi connectivity index (χ0v) is 15.9. The Labute approximate surface area is 153 Å². The van der Waals surface area contributed by atoms with Crippen molar-refractivity contribution in [3.05, 3.63) is 29.6 Å². The van der Waals surface area contributed by atoms with Crippen LogP contribution < -0.4 is 0 Å². The largest absolute Gasteiger partial charge is 0.459 e. The lowest BCUT2D eigenvalue weighted by molar-refractivity contribution is -0.158. The second kappa shape index (κ2) is 7.57. The smallest absolute Gasteiger partial charge is 0.433 e. The molecule has 2 rings (SSSR count). The third kappa shape index (κ3) is 5.71. The molecule has 0 radical (unpaired) electrons. The molecular weight excluding hydrogens is 343 g/mol. The van der Waals surface area contributed by atoms with Gasteiger partial charge in [-0.1, -0.05) is 26.2 Å². The molecule has 146 valence electrons. The van der Waals surface area contributed by atoms with Gasteiger partial charge in [-0.15, -0.1) is 0 Å². The van der Waals surface area contributed by atoms with Gasteiger partial charge in [-0.25, -0.2) is 0 Å². The van der Waals surface area contributed by atoms with Gasteiger partial charge in [-0.3, -0.25) is 9.78 Å². The molecule has 1 aliphatic rings. The summed E-state index contributed by atoms with van der Waals surface area (Å²) in [5.41, 5.74) is -1.41. The molecule has 3 nitrogen and oxygen atoms in total. The average molecular weight is 371 g/mol. The molecule has 1 heterocycles. The van der Waals surface area contributed by atoms with E-state index in [1.54, 1.807) is 20.8 Å². The molecular formula is C20H28F3NO2. The maximum absolute atomic E-state index is 13.1. The van der Waals surface area contributed by atoms with Crippen LogP contribution in [0.2, 0.25) is 0 Å². The number of esters is 1. The molecule has 1 aromatic heterocycles. The fourth-order valence-electron chi connectivity index (χ4n) is 3.63. The minimum absolute atomic E-state index is 0.0680. The van der Waals surface area contributed by atoms with E-state index in [9.17, 15) is 18.0 Å². The highest BCUT2D eigenvalue weighted by Gasteiger charge is 2.38. The summed E-state index contributed by atoms with van der Waals surface area (Å²) in [6, 6.07) is 2.48. The Kier molecular flexibility index (Phi) is 6.03. The molecule has 0 aliphatic heterocycles. The summed E-state index contributed by atoms with van der Waals surface area (Å²) in [5, 5.41) is 0. The highest BCUT2D eigenvalue weighted by molar-refractivity contribution is 5.78. The second-order valence-corrected chi connectivity index (χ2v) is 8.63. The van der Waals surface area contributed by atoms with Gasteiger partial charge in [-0.2, -0.15) is 13.2 Å². The number of hydrogen-bond donors (Lipinski definition) is 0. The van der Waals surface area contributed by atoms with Crippen molar-refractivity contribution in [2.45, 2.75) is 83.9 Å². The lowest BCUT2D eigenvalue weighted by Gasteiger charge is -2.37. The first-order valence-electron chi connectivity index (χ1n) is 9.16. The molecule has 1 fully saturated rings. The molecule has 0 amide bonds.